The molecule has 0 spiro atoms. The van der Waals surface area contributed by atoms with E-state index in [1.165, 1.54) is 5.01 Å². The molecule has 0 unspecified atom stereocenters. The van der Waals surface area contributed by atoms with E-state index in [2.05, 4.69) is 5.43 Å². The van der Waals surface area contributed by atoms with Crippen molar-refractivity contribution in [3.63, 3.8) is 0 Å². The van der Waals surface area contributed by atoms with Crippen molar-refractivity contribution in [3.05, 3.63) is 65.7 Å². The molecule has 22 heavy (non-hydrogen) atoms. The molecule has 2 aromatic rings. The Kier molecular flexibility index (Phi) is 4.05. The fraction of sp³-hybridized carbons (Fsp3) is 0.176. The normalized spacial score (nSPS) is 13.5. The molecule has 5 heteroatoms. The number of para-hydroxylation sites is 1. The van der Waals surface area contributed by atoms with Crippen LogP contribution in [0.25, 0.3) is 0 Å². The number of aryl methyl sites for hydroxylation is 1. The summed E-state index contributed by atoms with van der Waals surface area (Å²) in [6.07, 6.45) is 0.413. The number of rotatable bonds is 3. The lowest BCUT2D eigenvalue weighted by atomic mass is 10.0. The Balaban J connectivity index is 1.65. The second-order valence-electron chi connectivity index (χ2n) is 5.03. The van der Waals surface area contributed by atoms with Crippen molar-refractivity contribution in [2.75, 3.05) is 5.01 Å². The Morgan fingerprint density at radius 2 is 1.77 bits per heavy atom. The van der Waals surface area contributed by atoms with Crippen LogP contribution in [0.5, 0.6) is 0 Å². The van der Waals surface area contributed by atoms with Gasteiger partial charge in [0, 0.05) is 6.42 Å². The number of amides is 2. The van der Waals surface area contributed by atoms with Gasteiger partial charge in [0.1, 0.15) is 6.61 Å². The van der Waals surface area contributed by atoms with Crippen molar-refractivity contribution in [1.29, 1.82) is 0 Å². The largest absolute Gasteiger partial charge is 0.443 e. The molecule has 0 aliphatic carbocycles. The van der Waals surface area contributed by atoms with Crippen LogP contribution in [-0.2, 0) is 22.6 Å². The molecule has 0 saturated carbocycles. The number of anilines is 1. The van der Waals surface area contributed by atoms with Crippen LogP contribution in [0.4, 0.5) is 10.5 Å². The van der Waals surface area contributed by atoms with Gasteiger partial charge in [-0.05, 0) is 23.6 Å². The molecule has 2 amide bonds. The molecule has 0 radical (unpaired) electrons. The summed E-state index contributed by atoms with van der Waals surface area (Å²) in [4.78, 5) is 23.9. The minimum Gasteiger partial charge on any atom is -0.443 e. The first-order chi connectivity index (χ1) is 10.7. The van der Waals surface area contributed by atoms with Gasteiger partial charge in [-0.1, -0.05) is 48.5 Å². The summed E-state index contributed by atoms with van der Waals surface area (Å²) >= 11 is 0. The highest BCUT2D eigenvalue weighted by Crippen LogP contribution is 2.25. The molecule has 1 aliphatic heterocycles. The Bertz CT molecular complexity index is 685. The highest BCUT2D eigenvalue weighted by atomic mass is 16.6. The molecule has 3 rings (SSSR count). The van der Waals surface area contributed by atoms with Gasteiger partial charge in [0.25, 0.3) is 0 Å². The number of carbonyl (C=O) groups excluding carboxylic acids is 2. The lowest BCUT2D eigenvalue weighted by molar-refractivity contribution is -0.119. The number of carbonyl (C=O) groups is 2. The van der Waals surface area contributed by atoms with E-state index in [-0.39, 0.29) is 12.5 Å². The standard InChI is InChI=1S/C17H16N2O3/c20-16-11-10-14-8-4-5-9-15(14)19(16)18-17(21)22-12-13-6-2-1-3-7-13/h1-9H,10-12H2,(H,18,21). The third-order valence-corrected chi connectivity index (χ3v) is 3.51. The third kappa shape index (κ3) is 3.09. The fourth-order valence-electron chi connectivity index (χ4n) is 2.40. The quantitative estimate of drug-likeness (QED) is 0.947. The average Bonchev–Trinajstić information content (AvgIpc) is 2.56. The topological polar surface area (TPSA) is 58.6 Å². The van der Waals surface area contributed by atoms with E-state index in [1.54, 1.807) is 0 Å². The minimum absolute atomic E-state index is 0.143. The summed E-state index contributed by atoms with van der Waals surface area (Å²) in [5, 5.41) is 1.27. The van der Waals surface area contributed by atoms with Crippen LogP contribution >= 0.6 is 0 Å². The molecule has 112 valence electrons. The lowest BCUT2D eigenvalue weighted by Crippen LogP contribution is -2.48. The van der Waals surface area contributed by atoms with Gasteiger partial charge in [-0.15, -0.1) is 0 Å². The number of nitrogens with zero attached hydrogens (tertiary/aromatic N) is 1. The monoisotopic (exact) mass is 296 g/mol. The van der Waals surface area contributed by atoms with Crippen molar-refractivity contribution < 1.29 is 14.3 Å². The molecule has 5 nitrogen and oxygen atoms in total. The maximum atomic E-state index is 12.0. The molecule has 0 fully saturated rings. The van der Waals surface area contributed by atoms with E-state index < -0.39 is 6.09 Å². The molecule has 2 aromatic carbocycles. The van der Waals surface area contributed by atoms with Gasteiger partial charge in [-0.3, -0.25) is 4.79 Å². The summed E-state index contributed by atoms with van der Waals surface area (Å²) in [6, 6.07) is 16.9. The number of hydrogen-bond donors (Lipinski definition) is 1. The molecule has 0 aromatic heterocycles. The maximum Gasteiger partial charge on any atom is 0.426 e. The van der Waals surface area contributed by atoms with Gasteiger partial charge in [0.2, 0.25) is 5.91 Å². The van der Waals surface area contributed by atoms with Crippen molar-refractivity contribution in [3.8, 4) is 0 Å². The van der Waals surface area contributed by atoms with Gasteiger partial charge in [-0.25, -0.2) is 15.2 Å². The van der Waals surface area contributed by atoms with Gasteiger partial charge in [0.15, 0.2) is 0 Å². The molecule has 1 N–H and O–H groups in total. The second-order valence-corrected chi connectivity index (χ2v) is 5.03. The average molecular weight is 296 g/mol. The van der Waals surface area contributed by atoms with Gasteiger partial charge < -0.3 is 4.74 Å². The SMILES string of the molecule is O=C(NN1C(=O)CCc2ccccc21)OCc1ccccc1. The van der Waals surface area contributed by atoms with E-state index in [0.717, 1.165) is 11.1 Å². The Labute approximate surface area is 128 Å². The van der Waals surface area contributed by atoms with E-state index in [0.29, 0.717) is 18.5 Å². The molecule has 1 aliphatic rings. The summed E-state index contributed by atoms with van der Waals surface area (Å²) < 4.78 is 5.15. The van der Waals surface area contributed by atoms with E-state index in [1.807, 2.05) is 54.6 Å². The maximum absolute atomic E-state index is 12.0. The van der Waals surface area contributed by atoms with Crippen LogP contribution in [0.2, 0.25) is 0 Å². The number of fused-ring (bicyclic) bond motifs is 1. The lowest BCUT2D eigenvalue weighted by Gasteiger charge is -2.28. The summed E-state index contributed by atoms with van der Waals surface area (Å²) in [7, 11) is 0. The van der Waals surface area contributed by atoms with Gasteiger partial charge >= 0.3 is 6.09 Å². The predicted octanol–water partition coefficient (Wildman–Crippen LogP) is 2.81. The first-order valence-corrected chi connectivity index (χ1v) is 7.12. The van der Waals surface area contributed by atoms with Crippen molar-refractivity contribution in [2.45, 2.75) is 19.4 Å². The summed E-state index contributed by atoms with van der Waals surface area (Å²) in [6.45, 7) is 0.163. The van der Waals surface area contributed by atoms with Crippen molar-refractivity contribution >= 4 is 17.7 Å². The van der Waals surface area contributed by atoms with Crippen molar-refractivity contribution in [1.82, 2.24) is 5.43 Å². The van der Waals surface area contributed by atoms with Gasteiger partial charge in [-0.2, -0.15) is 0 Å². The Morgan fingerprint density at radius 1 is 1.05 bits per heavy atom. The summed E-state index contributed by atoms with van der Waals surface area (Å²) in [5.41, 5.74) is 5.15. The number of hydrogen-bond acceptors (Lipinski definition) is 3. The van der Waals surface area contributed by atoms with E-state index in [9.17, 15) is 9.59 Å². The Hall–Kier alpha value is -2.82. The van der Waals surface area contributed by atoms with Gasteiger partial charge in [0.05, 0.1) is 5.69 Å². The highest BCUT2D eigenvalue weighted by molar-refractivity contribution is 5.97. The molecular formula is C17H16N2O3. The zero-order valence-corrected chi connectivity index (χ0v) is 12.0. The second kappa shape index (κ2) is 6.30. The number of nitrogens with one attached hydrogen (secondary N) is 1. The minimum atomic E-state index is -0.645. The van der Waals surface area contributed by atoms with E-state index >= 15 is 0 Å². The molecule has 0 atom stereocenters. The van der Waals surface area contributed by atoms with Crippen LogP contribution in [0.3, 0.4) is 0 Å². The Morgan fingerprint density at radius 3 is 2.59 bits per heavy atom. The molecular weight excluding hydrogens is 280 g/mol. The third-order valence-electron chi connectivity index (χ3n) is 3.51. The first kappa shape index (κ1) is 14.1. The smallest absolute Gasteiger partial charge is 0.426 e. The molecule has 0 bridgehead atoms. The van der Waals surface area contributed by atoms with Crippen LogP contribution in [-0.4, -0.2) is 12.0 Å². The summed E-state index contributed by atoms with van der Waals surface area (Å²) in [5.74, 6) is -0.143. The van der Waals surface area contributed by atoms with Crippen LogP contribution in [0.1, 0.15) is 17.5 Å². The molecule has 0 saturated heterocycles. The van der Waals surface area contributed by atoms with Crippen LogP contribution in [0, 0.1) is 0 Å². The van der Waals surface area contributed by atoms with Crippen molar-refractivity contribution in [2.24, 2.45) is 0 Å². The fourth-order valence-corrected chi connectivity index (χ4v) is 2.40. The first-order valence-electron chi connectivity index (χ1n) is 7.12. The zero-order valence-electron chi connectivity index (χ0n) is 12.0. The number of ether oxygens (including phenoxy) is 1. The van der Waals surface area contributed by atoms with Crippen LogP contribution < -0.4 is 10.4 Å². The number of hydrazine groups is 1. The highest BCUT2D eigenvalue weighted by Gasteiger charge is 2.25. The predicted molar refractivity (Wildman–Crippen MR) is 82.0 cm³/mol. The van der Waals surface area contributed by atoms with E-state index in [4.69, 9.17) is 4.74 Å². The molecule has 1 heterocycles. The number of benzene rings is 2. The zero-order chi connectivity index (χ0) is 15.4. The van der Waals surface area contributed by atoms with Crippen LogP contribution in [0.15, 0.2) is 54.6 Å².